The van der Waals surface area contributed by atoms with Crippen LogP contribution in [0, 0.1) is 0 Å². The van der Waals surface area contributed by atoms with Crippen molar-refractivity contribution < 1.29 is 9.53 Å². The number of thiazole rings is 1. The molecule has 1 aromatic heterocycles. The summed E-state index contributed by atoms with van der Waals surface area (Å²) in [5.74, 6) is 0.223. The highest BCUT2D eigenvalue weighted by Crippen LogP contribution is 2.18. The Bertz CT molecular complexity index is 359. The van der Waals surface area contributed by atoms with Gasteiger partial charge in [0, 0.05) is 24.8 Å². The van der Waals surface area contributed by atoms with Crippen LogP contribution in [0.1, 0.15) is 31.4 Å². The summed E-state index contributed by atoms with van der Waals surface area (Å²) in [6.45, 7) is 0.849. The third-order valence-corrected chi connectivity index (χ3v) is 3.44. The van der Waals surface area contributed by atoms with E-state index >= 15 is 0 Å². The van der Waals surface area contributed by atoms with E-state index in [0.29, 0.717) is 24.1 Å². The molecule has 1 fully saturated rings. The highest BCUT2D eigenvalue weighted by Gasteiger charge is 2.17. The van der Waals surface area contributed by atoms with Crippen LogP contribution < -0.4 is 5.73 Å². The standard InChI is InChI=1S/C11H16N2O2S/c12-11-13-8(7-16-11)6-9(14)3-4-10-2-1-5-15-10/h7,10H,1-6H2,(H2,12,13). The van der Waals surface area contributed by atoms with Crippen molar-refractivity contribution in [3.8, 4) is 0 Å². The smallest absolute Gasteiger partial charge is 0.180 e. The lowest BCUT2D eigenvalue weighted by atomic mass is 10.1. The first-order valence-corrected chi connectivity index (χ1v) is 6.45. The van der Waals surface area contributed by atoms with Crippen LogP contribution in [-0.2, 0) is 16.0 Å². The number of anilines is 1. The van der Waals surface area contributed by atoms with Gasteiger partial charge in [-0.1, -0.05) is 0 Å². The fourth-order valence-electron chi connectivity index (χ4n) is 1.89. The Kier molecular flexibility index (Phi) is 3.90. The Morgan fingerprint density at radius 1 is 1.69 bits per heavy atom. The number of ether oxygens (including phenoxy) is 1. The lowest BCUT2D eigenvalue weighted by molar-refractivity contribution is -0.119. The Hall–Kier alpha value is -0.940. The maximum atomic E-state index is 11.6. The van der Waals surface area contributed by atoms with Crippen molar-refractivity contribution in [3.05, 3.63) is 11.1 Å². The van der Waals surface area contributed by atoms with Crippen molar-refractivity contribution in [2.24, 2.45) is 0 Å². The summed E-state index contributed by atoms with van der Waals surface area (Å²) in [5.41, 5.74) is 6.30. The number of nitrogens with zero attached hydrogens (tertiary/aromatic N) is 1. The average Bonchev–Trinajstić information content (AvgIpc) is 2.87. The molecule has 1 atom stereocenters. The van der Waals surface area contributed by atoms with Gasteiger partial charge >= 0.3 is 0 Å². The quantitative estimate of drug-likeness (QED) is 0.852. The first kappa shape index (κ1) is 11.5. The number of aromatic nitrogens is 1. The first-order valence-electron chi connectivity index (χ1n) is 5.57. The number of rotatable bonds is 5. The average molecular weight is 240 g/mol. The van der Waals surface area contributed by atoms with Gasteiger partial charge in [-0.2, -0.15) is 0 Å². The van der Waals surface area contributed by atoms with E-state index in [1.54, 1.807) is 0 Å². The third-order valence-electron chi connectivity index (χ3n) is 2.72. The van der Waals surface area contributed by atoms with Gasteiger partial charge in [0.1, 0.15) is 5.78 Å². The highest BCUT2D eigenvalue weighted by molar-refractivity contribution is 7.13. The molecule has 0 radical (unpaired) electrons. The van der Waals surface area contributed by atoms with Crippen LogP contribution in [0.25, 0.3) is 0 Å². The molecule has 0 aromatic carbocycles. The molecule has 16 heavy (non-hydrogen) atoms. The lowest BCUT2D eigenvalue weighted by Crippen LogP contribution is -2.10. The number of hydrogen-bond acceptors (Lipinski definition) is 5. The number of nitrogens with two attached hydrogens (primary N) is 1. The van der Waals surface area contributed by atoms with E-state index in [-0.39, 0.29) is 5.78 Å². The van der Waals surface area contributed by atoms with E-state index in [2.05, 4.69) is 4.98 Å². The van der Waals surface area contributed by atoms with Gasteiger partial charge in [-0.3, -0.25) is 4.79 Å². The minimum atomic E-state index is 0.223. The molecule has 0 amide bonds. The normalized spacial score (nSPS) is 20.1. The van der Waals surface area contributed by atoms with Crippen molar-refractivity contribution in [1.29, 1.82) is 0 Å². The topological polar surface area (TPSA) is 65.2 Å². The second-order valence-electron chi connectivity index (χ2n) is 4.07. The van der Waals surface area contributed by atoms with Gasteiger partial charge in [-0.15, -0.1) is 11.3 Å². The van der Waals surface area contributed by atoms with E-state index in [0.717, 1.165) is 31.6 Å². The van der Waals surface area contributed by atoms with Crippen molar-refractivity contribution in [1.82, 2.24) is 4.98 Å². The maximum Gasteiger partial charge on any atom is 0.180 e. The Balaban J connectivity index is 1.71. The summed E-state index contributed by atoms with van der Waals surface area (Å²) < 4.78 is 5.47. The molecule has 5 heteroatoms. The van der Waals surface area contributed by atoms with Crippen LogP contribution in [0.15, 0.2) is 5.38 Å². The van der Waals surface area contributed by atoms with E-state index in [9.17, 15) is 4.79 Å². The number of carbonyl (C=O) groups is 1. The summed E-state index contributed by atoms with van der Waals surface area (Å²) in [6, 6.07) is 0. The van der Waals surface area contributed by atoms with Crippen molar-refractivity contribution in [2.75, 3.05) is 12.3 Å². The molecule has 0 bridgehead atoms. The maximum absolute atomic E-state index is 11.6. The Morgan fingerprint density at radius 2 is 2.56 bits per heavy atom. The van der Waals surface area contributed by atoms with Gasteiger partial charge in [-0.05, 0) is 19.3 Å². The minimum absolute atomic E-state index is 0.223. The van der Waals surface area contributed by atoms with Gasteiger partial charge in [-0.25, -0.2) is 4.98 Å². The molecule has 0 saturated carbocycles. The van der Waals surface area contributed by atoms with Gasteiger partial charge < -0.3 is 10.5 Å². The largest absolute Gasteiger partial charge is 0.378 e. The second-order valence-corrected chi connectivity index (χ2v) is 4.96. The number of Topliss-reactive ketones (excluding diaryl/α,β-unsaturated/α-hetero) is 1. The summed E-state index contributed by atoms with van der Waals surface area (Å²) in [5, 5.41) is 2.38. The van der Waals surface area contributed by atoms with Crippen LogP contribution >= 0.6 is 11.3 Å². The first-order chi connectivity index (χ1) is 7.74. The van der Waals surface area contributed by atoms with Crippen LogP contribution in [0.2, 0.25) is 0 Å². The van der Waals surface area contributed by atoms with Crippen LogP contribution in [0.4, 0.5) is 5.13 Å². The van der Waals surface area contributed by atoms with Crippen molar-refractivity contribution >= 4 is 22.3 Å². The second kappa shape index (κ2) is 5.41. The molecule has 1 aliphatic heterocycles. The SMILES string of the molecule is Nc1nc(CC(=O)CCC2CCCO2)cs1. The van der Waals surface area contributed by atoms with Crippen LogP contribution in [0.5, 0.6) is 0 Å². The molecule has 88 valence electrons. The summed E-state index contributed by atoms with van der Waals surface area (Å²) in [6.07, 6.45) is 4.35. The van der Waals surface area contributed by atoms with Crippen molar-refractivity contribution in [2.45, 2.75) is 38.2 Å². The molecular weight excluding hydrogens is 224 g/mol. The third kappa shape index (κ3) is 3.28. The molecule has 0 aliphatic carbocycles. The van der Waals surface area contributed by atoms with Gasteiger partial charge in [0.2, 0.25) is 0 Å². The highest BCUT2D eigenvalue weighted by atomic mass is 32.1. The fourth-order valence-corrected chi connectivity index (χ4v) is 2.45. The zero-order valence-electron chi connectivity index (χ0n) is 9.15. The van der Waals surface area contributed by atoms with E-state index in [1.807, 2.05) is 5.38 Å². The fraction of sp³-hybridized carbons (Fsp3) is 0.636. The molecule has 2 rings (SSSR count). The van der Waals surface area contributed by atoms with Crippen LogP contribution in [0.3, 0.4) is 0 Å². The molecule has 0 spiro atoms. The monoisotopic (exact) mass is 240 g/mol. The van der Waals surface area contributed by atoms with E-state index in [1.165, 1.54) is 11.3 Å². The number of nitrogen functional groups attached to an aromatic ring is 1. The summed E-state index contributed by atoms with van der Waals surface area (Å²) in [4.78, 5) is 15.7. The molecular formula is C11H16N2O2S. The molecule has 1 saturated heterocycles. The summed E-state index contributed by atoms with van der Waals surface area (Å²) in [7, 11) is 0. The van der Waals surface area contributed by atoms with Gasteiger partial charge in [0.05, 0.1) is 11.8 Å². The Morgan fingerprint density at radius 3 is 3.19 bits per heavy atom. The predicted octanol–water partition coefficient (Wildman–Crippen LogP) is 1.80. The number of ketones is 1. The summed E-state index contributed by atoms with van der Waals surface area (Å²) >= 11 is 1.38. The van der Waals surface area contributed by atoms with Gasteiger partial charge in [0.25, 0.3) is 0 Å². The molecule has 2 heterocycles. The number of carbonyl (C=O) groups excluding carboxylic acids is 1. The zero-order chi connectivity index (χ0) is 11.4. The Labute approximate surface area is 98.8 Å². The van der Waals surface area contributed by atoms with Crippen LogP contribution in [-0.4, -0.2) is 23.5 Å². The van der Waals surface area contributed by atoms with Gasteiger partial charge in [0.15, 0.2) is 5.13 Å². The molecule has 4 nitrogen and oxygen atoms in total. The van der Waals surface area contributed by atoms with E-state index in [4.69, 9.17) is 10.5 Å². The number of hydrogen-bond donors (Lipinski definition) is 1. The minimum Gasteiger partial charge on any atom is -0.378 e. The zero-order valence-corrected chi connectivity index (χ0v) is 9.96. The van der Waals surface area contributed by atoms with E-state index < -0.39 is 0 Å². The molecule has 1 unspecified atom stereocenters. The predicted molar refractivity (Wildman–Crippen MR) is 63.4 cm³/mol. The molecule has 1 aliphatic rings. The lowest BCUT2D eigenvalue weighted by Gasteiger charge is -2.07. The molecule has 1 aromatic rings. The molecule has 2 N–H and O–H groups in total. The van der Waals surface area contributed by atoms with Crippen molar-refractivity contribution in [3.63, 3.8) is 0 Å².